The number of fused-ring (bicyclic) bond motifs is 2. The predicted molar refractivity (Wildman–Crippen MR) is 133 cm³/mol. The van der Waals surface area contributed by atoms with Crippen molar-refractivity contribution in [3.8, 4) is 11.1 Å². The fourth-order valence-electron chi connectivity index (χ4n) is 5.41. The van der Waals surface area contributed by atoms with Crippen molar-refractivity contribution in [2.45, 2.75) is 52.6 Å². The van der Waals surface area contributed by atoms with E-state index in [9.17, 15) is 9.59 Å². The van der Waals surface area contributed by atoms with Crippen molar-refractivity contribution in [3.63, 3.8) is 0 Å². The monoisotopic (exact) mass is 460 g/mol. The normalized spacial score (nSPS) is 20.1. The Kier molecular flexibility index (Phi) is 6.08. The number of nitrogens with zero attached hydrogens (tertiary/aromatic N) is 4. The van der Waals surface area contributed by atoms with Crippen LogP contribution in [0.2, 0.25) is 0 Å². The van der Waals surface area contributed by atoms with E-state index >= 15 is 0 Å². The lowest BCUT2D eigenvalue weighted by Crippen LogP contribution is -2.37. The molecule has 5 rings (SSSR count). The van der Waals surface area contributed by atoms with E-state index in [-0.39, 0.29) is 24.1 Å². The van der Waals surface area contributed by atoms with E-state index in [1.165, 1.54) is 23.8 Å². The Morgan fingerprint density at radius 3 is 2.59 bits per heavy atom. The van der Waals surface area contributed by atoms with Crippen molar-refractivity contribution in [1.29, 1.82) is 0 Å². The first-order valence-corrected chi connectivity index (χ1v) is 12.2. The molecule has 0 bridgehead atoms. The number of aromatic nitrogens is 3. The van der Waals surface area contributed by atoms with Gasteiger partial charge in [0.05, 0.1) is 0 Å². The summed E-state index contributed by atoms with van der Waals surface area (Å²) < 4.78 is 1.47. The van der Waals surface area contributed by atoms with Crippen LogP contribution in [0.15, 0.2) is 41.3 Å². The van der Waals surface area contributed by atoms with Crippen molar-refractivity contribution in [2.24, 2.45) is 11.8 Å². The number of hydrazine groups is 1. The van der Waals surface area contributed by atoms with Crippen LogP contribution in [0, 0.1) is 18.8 Å². The van der Waals surface area contributed by atoms with Crippen LogP contribution in [-0.2, 0) is 11.3 Å². The second-order valence-corrected chi connectivity index (χ2v) is 9.93. The summed E-state index contributed by atoms with van der Waals surface area (Å²) in [4.78, 5) is 35.5. The molecule has 2 atom stereocenters. The topological polar surface area (TPSA) is 92.2 Å². The van der Waals surface area contributed by atoms with Crippen LogP contribution in [-0.4, -0.2) is 44.6 Å². The van der Waals surface area contributed by atoms with Crippen LogP contribution < -0.4 is 16.3 Å². The number of nitrogens with one attached hydrogen (secondary N) is 2. The van der Waals surface area contributed by atoms with E-state index in [1.54, 1.807) is 6.20 Å². The molecule has 8 heteroatoms. The smallest absolute Gasteiger partial charge is 0.260 e. The standard InChI is InChI=1S/C26H32N6O2/c1-16(2)28-23(33)15-32-24-20(11-22(25(32)34)21-10-5-4-7-17(21)3)12-27-26(29-24)30-31-13-18-8-6-9-19(18)14-31/h4-5,7,10-12,16,18-19H,6,8-9,13-15H2,1-3H3,(H,28,33)(H,27,29,30). The SMILES string of the molecule is Cc1ccccc1-c1cc2cnc(NN3CC4CCCC4C3)nc2n(CC(=O)NC(C)C)c1=O. The first-order chi connectivity index (χ1) is 16.4. The van der Waals surface area contributed by atoms with E-state index in [2.05, 4.69) is 20.7 Å². The molecule has 178 valence electrons. The molecule has 8 nitrogen and oxygen atoms in total. The Morgan fingerprint density at radius 2 is 1.88 bits per heavy atom. The minimum absolute atomic E-state index is 0.0181. The number of amides is 1. The maximum atomic E-state index is 13.6. The lowest BCUT2D eigenvalue weighted by atomic mass is 10.0. The first-order valence-electron chi connectivity index (χ1n) is 12.2. The number of benzene rings is 1. The third-order valence-corrected chi connectivity index (χ3v) is 7.00. The van der Waals surface area contributed by atoms with Gasteiger partial charge < -0.3 is 5.32 Å². The van der Waals surface area contributed by atoms with Crippen molar-refractivity contribution < 1.29 is 4.79 Å². The molecule has 1 aliphatic heterocycles. The van der Waals surface area contributed by atoms with Gasteiger partial charge in [-0.2, -0.15) is 4.98 Å². The Labute approximate surface area is 199 Å². The van der Waals surface area contributed by atoms with Crippen LogP contribution in [0.1, 0.15) is 38.7 Å². The van der Waals surface area contributed by atoms with Gasteiger partial charge in [-0.3, -0.25) is 19.6 Å². The highest BCUT2D eigenvalue weighted by molar-refractivity contribution is 5.84. The molecule has 3 heterocycles. The zero-order valence-electron chi connectivity index (χ0n) is 20.0. The third-order valence-electron chi connectivity index (χ3n) is 7.00. The maximum Gasteiger partial charge on any atom is 0.260 e. The van der Waals surface area contributed by atoms with Gasteiger partial charge in [-0.05, 0) is 62.6 Å². The summed E-state index contributed by atoms with van der Waals surface area (Å²) in [6.07, 6.45) is 5.63. The first kappa shape index (κ1) is 22.5. The molecular weight excluding hydrogens is 428 g/mol. The van der Waals surface area contributed by atoms with Crippen LogP contribution in [0.5, 0.6) is 0 Å². The fraction of sp³-hybridized carbons (Fsp3) is 0.462. The number of rotatable bonds is 6. The zero-order chi connectivity index (χ0) is 23.8. The minimum Gasteiger partial charge on any atom is -0.352 e. The Morgan fingerprint density at radius 1 is 1.15 bits per heavy atom. The van der Waals surface area contributed by atoms with Crippen molar-refractivity contribution in [2.75, 3.05) is 18.5 Å². The van der Waals surface area contributed by atoms with Gasteiger partial charge in [0.1, 0.15) is 12.2 Å². The molecule has 1 saturated heterocycles. The van der Waals surface area contributed by atoms with Gasteiger partial charge in [0.25, 0.3) is 5.56 Å². The summed E-state index contributed by atoms with van der Waals surface area (Å²) in [6, 6.07) is 9.58. The third kappa shape index (κ3) is 4.42. The second kappa shape index (κ2) is 9.18. The van der Waals surface area contributed by atoms with E-state index in [0.717, 1.165) is 41.4 Å². The van der Waals surface area contributed by atoms with E-state index < -0.39 is 0 Å². The summed E-state index contributed by atoms with van der Waals surface area (Å²) >= 11 is 0. The van der Waals surface area contributed by atoms with Gasteiger partial charge in [-0.15, -0.1) is 0 Å². The van der Waals surface area contributed by atoms with Crippen molar-refractivity contribution in [3.05, 3.63) is 52.4 Å². The molecule has 34 heavy (non-hydrogen) atoms. The van der Waals surface area contributed by atoms with Crippen LogP contribution >= 0.6 is 0 Å². The molecule has 0 radical (unpaired) electrons. The molecule has 1 aromatic carbocycles. The van der Waals surface area contributed by atoms with E-state index in [1.807, 2.05) is 51.1 Å². The van der Waals surface area contributed by atoms with Gasteiger partial charge in [-0.1, -0.05) is 30.7 Å². The minimum atomic E-state index is -0.235. The summed E-state index contributed by atoms with van der Waals surface area (Å²) in [5, 5.41) is 5.79. The zero-order valence-corrected chi connectivity index (χ0v) is 20.0. The van der Waals surface area contributed by atoms with Crippen LogP contribution in [0.25, 0.3) is 22.2 Å². The van der Waals surface area contributed by atoms with E-state index in [0.29, 0.717) is 17.2 Å². The highest BCUT2D eigenvalue weighted by Gasteiger charge is 2.36. The summed E-state index contributed by atoms with van der Waals surface area (Å²) in [6.45, 7) is 7.65. The van der Waals surface area contributed by atoms with Gasteiger partial charge >= 0.3 is 0 Å². The summed E-state index contributed by atoms with van der Waals surface area (Å²) in [5.74, 6) is 1.71. The maximum absolute atomic E-state index is 13.6. The van der Waals surface area contributed by atoms with Crippen LogP contribution in [0.4, 0.5) is 5.95 Å². The summed E-state index contributed by atoms with van der Waals surface area (Å²) in [7, 11) is 0. The molecule has 1 amide bonds. The summed E-state index contributed by atoms with van der Waals surface area (Å²) in [5.41, 5.74) is 5.95. The van der Waals surface area contributed by atoms with Crippen LogP contribution in [0.3, 0.4) is 0 Å². The lowest BCUT2D eigenvalue weighted by molar-refractivity contribution is -0.122. The number of pyridine rings is 1. The molecule has 2 N–H and O–H groups in total. The van der Waals surface area contributed by atoms with Gasteiger partial charge in [-0.25, -0.2) is 9.99 Å². The highest BCUT2D eigenvalue weighted by atomic mass is 16.2. The number of hydrogen-bond acceptors (Lipinski definition) is 6. The predicted octanol–water partition coefficient (Wildman–Crippen LogP) is 3.35. The molecular formula is C26H32N6O2. The fourth-order valence-corrected chi connectivity index (χ4v) is 5.41. The molecule has 3 aromatic rings. The van der Waals surface area contributed by atoms with Gasteiger partial charge in [0.2, 0.25) is 11.9 Å². The molecule has 2 aromatic heterocycles. The van der Waals surface area contributed by atoms with E-state index in [4.69, 9.17) is 4.98 Å². The molecule has 1 saturated carbocycles. The molecule has 1 aliphatic carbocycles. The molecule has 2 aliphatic rings. The molecule has 0 spiro atoms. The van der Waals surface area contributed by atoms with Crippen molar-refractivity contribution >= 4 is 22.9 Å². The number of anilines is 1. The molecule has 2 unspecified atom stereocenters. The van der Waals surface area contributed by atoms with Gasteiger partial charge in [0, 0.05) is 36.3 Å². The van der Waals surface area contributed by atoms with Gasteiger partial charge in [0.15, 0.2) is 0 Å². The van der Waals surface area contributed by atoms with Crippen molar-refractivity contribution in [1.82, 2.24) is 24.9 Å². The largest absolute Gasteiger partial charge is 0.352 e. The Balaban J connectivity index is 1.55. The number of hydrogen-bond donors (Lipinski definition) is 2. The Bertz CT molecular complexity index is 1270. The lowest BCUT2D eigenvalue weighted by Gasteiger charge is -2.19. The average Bonchev–Trinajstić information content (AvgIpc) is 3.38. The second-order valence-electron chi connectivity index (χ2n) is 9.93. The number of carbonyl (C=O) groups is 1. The number of carbonyl (C=O) groups excluding carboxylic acids is 1. The number of aryl methyl sites for hydroxylation is 1. The Hall–Kier alpha value is -3.26. The average molecular weight is 461 g/mol. The highest BCUT2D eigenvalue weighted by Crippen LogP contribution is 2.37. The molecule has 2 fully saturated rings. The quantitative estimate of drug-likeness (QED) is 0.586.